The number of rotatable bonds is 4. The molecule has 0 spiro atoms. The molecule has 0 aromatic heterocycles. The molecular formula is C13H20BrClN2O2S. The zero-order valence-electron chi connectivity index (χ0n) is 11.6. The number of halogens is 2. The zero-order valence-corrected chi connectivity index (χ0v) is 14.8. The second-order valence-corrected chi connectivity index (χ2v) is 7.66. The minimum absolute atomic E-state index is 0. The zero-order chi connectivity index (χ0) is 14.0. The lowest BCUT2D eigenvalue weighted by molar-refractivity contribution is 0.451. The molecule has 1 N–H and O–H groups in total. The van der Waals surface area contributed by atoms with E-state index in [4.69, 9.17) is 0 Å². The normalized spacial score (nSPS) is 19.9. The molecule has 4 nitrogen and oxygen atoms in total. The van der Waals surface area contributed by atoms with Crippen molar-refractivity contribution in [3.63, 3.8) is 0 Å². The molecule has 7 heteroatoms. The van der Waals surface area contributed by atoms with Crippen molar-refractivity contribution in [2.45, 2.75) is 18.2 Å². The second kappa shape index (κ2) is 7.22. The predicted octanol–water partition coefficient (Wildman–Crippen LogP) is 2.41. The van der Waals surface area contributed by atoms with Gasteiger partial charge in [0.25, 0.3) is 0 Å². The Morgan fingerprint density at radius 2 is 2.15 bits per heavy atom. The molecule has 0 amide bonds. The Balaban J connectivity index is 0.00000200. The van der Waals surface area contributed by atoms with E-state index in [-0.39, 0.29) is 12.4 Å². The molecule has 1 aromatic carbocycles. The first-order chi connectivity index (χ1) is 8.96. The Hall–Kier alpha value is -0.140. The van der Waals surface area contributed by atoms with Crippen LogP contribution in [0, 0.1) is 12.8 Å². The van der Waals surface area contributed by atoms with Crippen LogP contribution in [0.3, 0.4) is 0 Å². The van der Waals surface area contributed by atoms with Crippen molar-refractivity contribution in [3.8, 4) is 0 Å². The largest absolute Gasteiger partial charge is 0.319 e. The number of hydrogen-bond donors (Lipinski definition) is 1. The summed E-state index contributed by atoms with van der Waals surface area (Å²) in [6.07, 6.45) is 0.920. The highest BCUT2D eigenvalue weighted by Crippen LogP contribution is 2.30. The average Bonchev–Trinajstić information content (AvgIpc) is 2.82. The third-order valence-electron chi connectivity index (χ3n) is 3.52. The number of aryl methyl sites for hydroxylation is 1. The fourth-order valence-corrected chi connectivity index (χ4v) is 4.98. The molecule has 0 aliphatic carbocycles. The number of nitrogens with one attached hydrogen (secondary N) is 1. The topological polar surface area (TPSA) is 49.4 Å². The molecule has 20 heavy (non-hydrogen) atoms. The molecule has 1 aromatic rings. The summed E-state index contributed by atoms with van der Waals surface area (Å²) >= 11 is 3.39. The van der Waals surface area contributed by atoms with Crippen molar-refractivity contribution >= 4 is 38.4 Å². The molecule has 1 aliphatic rings. The molecule has 1 aliphatic heterocycles. The van der Waals surface area contributed by atoms with E-state index < -0.39 is 10.0 Å². The van der Waals surface area contributed by atoms with Crippen molar-refractivity contribution in [2.24, 2.45) is 5.92 Å². The van der Waals surface area contributed by atoms with Gasteiger partial charge in [0.05, 0.1) is 4.90 Å². The molecule has 1 fully saturated rings. The van der Waals surface area contributed by atoms with E-state index >= 15 is 0 Å². The molecule has 2 rings (SSSR count). The van der Waals surface area contributed by atoms with Gasteiger partial charge in [-0.25, -0.2) is 8.42 Å². The van der Waals surface area contributed by atoms with Gasteiger partial charge in [-0.05, 0) is 60.4 Å². The lowest BCUT2D eigenvalue weighted by Crippen LogP contribution is -2.30. The van der Waals surface area contributed by atoms with Crippen LogP contribution < -0.4 is 5.32 Å². The summed E-state index contributed by atoms with van der Waals surface area (Å²) in [5.74, 6) is 0.406. The van der Waals surface area contributed by atoms with Gasteiger partial charge in [-0.2, -0.15) is 4.31 Å². The smallest absolute Gasteiger partial charge is 0.244 e. The van der Waals surface area contributed by atoms with E-state index in [1.807, 2.05) is 20.0 Å². The third-order valence-corrected chi connectivity index (χ3v) is 6.74. The van der Waals surface area contributed by atoms with Gasteiger partial charge in [0.2, 0.25) is 10.0 Å². The molecule has 0 saturated carbocycles. The highest BCUT2D eigenvalue weighted by molar-refractivity contribution is 9.10. The van der Waals surface area contributed by atoms with Crippen LogP contribution in [0.2, 0.25) is 0 Å². The van der Waals surface area contributed by atoms with Crippen LogP contribution in [-0.4, -0.2) is 39.4 Å². The SMILES string of the molecule is CNCC1CCN(S(=O)(=O)c2cccc(C)c2Br)C1.Cl. The summed E-state index contributed by atoms with van der Waals surface area (Å²) in [5.41, 5.74) is 0.937. The molecule has 1 saturated heterocycles. The van der Waals surface area contributed by atoms with Gasteiger partial charge in [0.1, 0.15) is 0 Å². The number of sulfonamides is 1. The van der Waals surface area contributed by atoms with Crippen molar-refractivity contribution in [1.29, 1.82) is 0 Å². The molecule has 0 radical (unpaired) electrons. The van der Waals surface area contributed by atoms with Crippen LogP contribution in [0.4, 0.5) is 0 Å². The van der Waals surface area contributed by atoms with Crippen LogP contribution in [0.1, 0.15) is 12.0 Å². The molecule has 1 atom stereocenters. The second-order valence-electron chi connectivity index (χ2n) is 4.96. The van der Waals surface area contributed by atoms with Crippen molar-refractivity contribution in [2.75, 3.05) is 26.7 Å². The lowest BCUT2D eigenvalue weighted by atomic mass is 10.1. The van der Waals surface area contributed by atoms with Crippen LogP contribution in [0.5, 0.6) is 0 Å². The number of nitrogens with zero attached hydrogens (tertiary/aromatic N) is 1. The van der Waals surface area contributed by atoms with Gasteiger partial charge in [0, 0.05) is 17.6 Å². The highest BCUT2D eigenvalue weighted by Gasteiger charge is 2.33. The summed E-state index contributed by atoms with van der Waals surface area (Å²) in [5, 5.41) is 3.11. The third kappa shape index (κ3) is 3.54. The maximum Gasteiger partial charge on any atom is 0.244 e. The van der Waals surface area contributed by atoms with E-state index in [0.717, 1.165) is 18.5 Å². The monoisotopic (exact) mass is 382 g/mol. The lowest BCUT2D eigenvalue weighted by Gasteiger charge is -2.18. The fraction of sp³-hybridized carbons (Fsp3) is 0.538. The molecule has 0 bridgehead atoms. The van der Waals surface area contributed by atoms with Crippen LogP contribution in [-0.2, 0) is 10.0 Å². The fourth-order valence-electron chi connectivity index (χ4n) is 2.43. The summed E-state index contributed by atoms with van der Waals surface area (Å²) in [7, 11) is -1.49. The minimum Gasteiger partial charge on any atom is -0.319 e. The van der Waals surface area contributed by atoms with E-state index in [2.05, 4.69) is 21.2 Å². The van der Waals surface area contributed by atoms with E-state index in [9.17, 15) is 8.42 Å². The molecule has 1 unspecified atom stereocenters. The summed E-state index contributed by atoms with van der Waals surface area (Å²) in [6.45, 7) is 3.97. The maximum absolute atomic E-state index is 12.6. The van der Waals surface area contributed by atoms with Gasteiger partial charge in [-0.1, -0.05) is 12.1 Å². The van der Waals surface area contributed by atoms with Gasteiger partial charge in [-0.15, -0.1) is 12.4 Å². The Bertz CT molecular complexity index is 565. The summed E-state index contributed by atoms with van der Waals surface area (Å²) in [4.78, 5) is 0.373. The Labute approximate surface area is 135 Å². The highest BCUT2D eigenvalue weighted by atomic mass is 79.9. The number of hydrogen-bond acceptors (Lipinski definition) is 3. The minimum atomic E-state index is -3.38. The first-order valence-electron chi connectivity index (χ1n) is 6.36. The summed E-state index contributed by atoms with van der Waals surface area (Å²) in [6, 6.07) is 5.35. The molecule has 1 heterocycles. The van der Waals surface area contributed by atoms with Crippen molar-refractivity contribution in [3.05, 3.63) is 28.2 Å². The van der Waals surface area contributed by atoms with Gasteiger partial charge >= 0.3 is 0 Å². The first-order valence-corrected chi connectivity index (χ1v) is 8.60. The van der Waals surface area contributed by atoms with Crippen molar-refractivity contribution in [1.82, 2.24) is 9.62 Å². The molecule has 114 valence electrons. The number of benzene rings is 1. The average molecular weight is 384 g/mol. The first kappa shape index (κ1) is 17.9. The Morgan fingerprint density at radius 3 is 2.80 bits per heavy atom. The van der Waals surface area contributed by atoms with Gasteiger partial charge < -0.3 is 5.32 Å². The van der Waals surface area contributed by atoms with E-state index in [1.165, 1.54) is 0 Å². The van der Waals surface area contributed by atoms with E-state index in [0.29, 0.717) is 28.4 Å². The maximum atomic E-state index is 12.6. The van der Waals surface area contributed by atoms with Gasteiger partial charge in [0.15, 0.2) is 0 Å². The van der Waals surface area contributed by atoms with Gasteiger partial charge in [-0.3, -0.25) is 0 Å². The summed E-state index contributed by atoms with van der Waals surface area (Å²) < 4.78 is 27.5. The van der Waals surface area contributed by atoms with Crippen LogP contribution in [0.25, 0.3) is 0 Å². The Kier molecular flexibility index (Phi) is 6.47. The van der Waals surface area contributed by atoms with Crippen LogP contribution >= 0.6 is 28.3 Å². The quantitative estimate of drug-likeness (QED) is 0.868. The van der Waals surface area contributed by atoms with Crippen molar-refractivity contribution < 1.29 is 8.42 Å². The van der Waals surface area contributed by atoms with Crippen LogP contribution in [0.15, 0.2) is 27.6 Å². The van der Waals surface area contributed by atoms with E-state index in [1.54, 1.807) is 16.4 Å². The predicted molar refractivity (Wildman–Crippen MR) is 86.9 cm³/mol. The molecular weight excluding hydrogens is 364 g/mol. The Morgan fingerprint density at radius 1 is 1.45 bits per heavy atom. The standard InChI is InChI=1S/C13H19BrN2O2S.ClH/c1-10-4-3-5-12(13(10)14)19(17,18)16-7-6-11(9-16)8-15-2;/h3-5,11,15H,6-9H2,1-2H3;1H.